The lowest BCUT2D eigenvalue weighted by Gasteiger charge is -2.23. The summed E-state index contributed by atoms with van der Waals surface area (Å²) >= 11 is 0. The topological polar surface area (TPSA) is 118 Å². The minimum atomic E-state index is -3.96. The second kappa shape index (κ2) is 14.7. The van der Waals surface area contributed by atoms with Gasteiger partial charge in [-0.05, 0) is 48.2 Å². The Morgan fingerprint density at radius 3 is 2.29 bits per heavy atom. The zero-order valence-electron chi connectivity index (χ0n) is 27.2. The Morgan fingerprint density at radius 1 is 1.00 bits per heavy atom. The maximum Gasteiger partial charge on any atom is 0.330 e. The number of benzene rings is 4. The standard InChI is InChI=1S/C38H37FN3O6P/c1-3-25(2)48-49(45,46)22-21-41-37(43)32-30-15-10-20-40-34(30)36(47-35(27-11-6-4-7-12-27)28-13-8-5-9-14-28)33-31(32)24-42(38(33)44)23-26-16-18-29(39)19-17-26/h4-20,25,35H,3,21-24H2,1-2H3,(H,41,43)(H,45,46). The summed E-state index contributed by atoms with van der Waals surface area (Å²) in [7, 11) is -3.96. The third-order valence-electron chi connectivity index (χ3n) is 8.53. The summed E-state index contributed by atoms with van der Waals surface area (Å²) in [6.07, 6.45) is 0.834. The molecule has 0 radical (unpaired) electrons. The van der Waals surface area contributed by atoms with Crippen LogP contribution in [0.5, 0.6) is 5.75 Å². The van der Waals surface area contributed by atoms with Gasteiger partial charge in [-0.1, -0.05) is 85.8 Å². The van der Waals surface area contributed by atoms with Gasteiger partial charge in [0.05, 0.1) is 23.4 Å². The van der Waals surface area contributed by atoms with E-state index in [1.54, 1.807) is 42.3 Å². The molecular formula is C38H37FN3O6P. The van der Waals surface area contributed by atoms with E-state index in [1.807, 2.05) is 67.6 Å². The molecule has 1 aliphatic heterocycles. The summed E-state index contributed by atoms with van der Waals surface area (Å²) in [6.45, 7) is 3.67. The van der Waals surface area contributed by atoms with Gasteiger partial charge in [-0.25, -0.2) is 4.39 Å². The van der Waals surface area contributed by atoms with Gasteiger partial charge in [-0.15, -0.1) is 0 Å². The molecular weight excluding hydrogens is 644 g/mol. The number of aromatic nitrogens is 1. The number of ether oxygens (including phenoxy) is 1. The van der Waals surface area contributed by atoms with E-state index in [0.29, 0.717) is 28.5 Å². The Labute approximate surface area is 284 Å². The fourth-order valence-electron chi connectivity index (χ4n) is 5.96. The first-order valence-electron chi connectivity index (χ1n) is 16.2. The zero-order valence-corrected chi connectivity index (χ0v) is 28.1. The van der Waals surface area contributed by atoms with Crippen LogP contribution in [0, 0.1) is 5.82 Å². The van der Waals surface area contributed by atoms with E-state index in [1.165, 1.54) is 12.1 Å². The largest absolute Gasteiger partial charge is 0.478 e. The first-order chi connectivity index (χ1) is 23.6. The predicted octanol–water partition coefficient (Wildman–Crippen LogP) is 7.43. The fraction of sp³-hybridized carbons (Fsp3) is 0.237. The smallest absolute Gasteiger partial charge is 0.330 e. The van der Waals surface area contributed by atoms with Crippen LogP contribution in [0.1, 0.15) is 69.3 Å². The highest BCUT2D eigenvalue weighted by atomic mass is 31.2. The van der Waals surface area contributed by atoms with Crippen molar-refractivity contribution in [2.75, 3.05) is 12.7 Å². The lowest BCUT2D eigenvalue weighted by atomic mass is 9.95. The molecule has 252 valence electrons. The number of rotatable bonds is 13. The Bertz CT molecular complexity index is 1970. The van der Waals surface area contributed by atoms with Gasteiger partial charge in [0.1, 0.15) is 17.4 Å². The van der Waals surface area contributed by atoms with Crippen LogP contribution in [0.15, 0.2) is 103 Å². The van der Waals surface area contributed by atoms with E-state index in [0.717, 1.165) is 11.1 Å². The summed E-state index contributed by atoms with van der Waals surface area (Å²) in [5, 5.41) is 3.24. The summed E-state index contributed by atoms with van der Waals surface area (Å²) in [5.74, 6) is -1.03. The van der Waals surface area contributed by atoms with Gasteiger partial charge < -0.3 is 24.4 Å². The van der Waals surface area contributed by atoms with E-state index in [2.05, 4.69) is 10.3 Å². The number of nitrogens with one attached hydrogen (secondary N) is 1. The van der Waals surface area contributed by atoms with E-state index in [4.69, 9.17) is 9.26 Å². The fourth-order valence-corrected chi connectivity index (χ4v) is 7.17. The summed E-state index contributed by atoms with van der Waals surface area (Å²) < 4.78 is 38.5. The SMILES string of the molecule is CCC(C)OP(=O)(O)CCNC(=O)c1c2c(c(OC(c3ccccc3)c3ccccc3)c3ncccc13)C(=O)N(Cc1ccc(F)cc1)C2. The molecule has 11 heteroatoms. The number of hydrogen-bond donors (Lipinski definition) is 2. The van der Waals surface area contributed by atoms with Crippen LogP contribution in [0.2, 0.25) is 0 Å². The van der Waals surface area contributed by atoms with Crippen LogP contribution < -0.4 is 10.1 Å². The Hall–Kier alpha value is -4.89. The molecule has 2 atom stereocenters. The van der Waals surface area contributed by atoms with Gasteiger partial charge in [0.25, 0.3) is 11.8 Å². The zero-order chi connectivity index (χ0) is 34.5. The maximum absolute atomic E-state index is 14.4. The molecule has 2 amide bonds. The molecule has 2 N–H and O–H groups in total. The Morgan fingerprint density at radius 2 is 1.65 bits per heavy atom. The second-order valence-electron chi connectivity index (χ2n) is 12.0. The monoisotopic (exact) mass is 681 g/mol. The minimum absolute atomic E-state index is 0.0758. The van der Waals surface area contributed by atoms with Crippen LogP contribution in [-0.2, 0) is 22.2 Å². The molecule has 0 aliphatic carbocycles. The van der Waals surface area contributed by atoms with Crippen molar-refractivity contribution >= 4 is 30.3 Å². The molecule has 2 heterocycles. The highest BCUT2D eigenvalue weighted by Gasteiger charge is 2.38. The Balaban J connectivity index is 1.44. The molecule has 5 aromatic rings. The van der Waals surface area contributed by atoms with Crippen molar-refractivity contribution in [3.05, 3.63) is 142 Å². The van der Waals surface area contributed by atoms with Crippen molar-refractivity contribution in [3.8, 4) is 5.75 Å². The normalized spacial score (nSPS) is 14.5. The number of carbonyl (C=O) groups excluding carboxylic acids is 2. The number of fused-ring (bicyclic) bond motifs is 2. The Kier molecular flexibility index (Phi) is 10.2. The molecule has 1 aliphatic rings. The minimum Gasteiger partial charge on any atom is -0.478 e. The molecule has 0 spiro atoms. The lowest BCUT2D eigenvalue weighted by Crippen LogP contribution is -2.28. The van der Waals surface area contributed by atoms with Crippen LogP contribution in [-0.4, -0.2) is 45.4 Å². The van der Waals surface area contributed by atoms with E-state index in [9.17, 15) is 23.4 Å². The van der Waals surface area contributed by atoms with Crippen molar-refractivity contribution in [1.82, 2.24) is 15.2 Å². The van der Waals surface area contributed by atoms with Gasteiger partial charge in [0, 0.05) is 36.8 Å². The summed E-state index contributed by atoms with van der Waals surface area (Å²) in [6, 6.07) is 28.6. The molecule has 4 aromatic carbocycles. The van der Waals surface area contributed by atoms with Crippen LogP contribution in [0.25, 0.3) is 10.9 Å². The number of carbonyl (C=O) groups is 2. The van der Waals surface area contributed by atoms with Crippen molar-refractivity contribution in [1.29, 1.82) is 0 Å². The number of nitrogens with zero attached hydrogens (tertiary/aromatic N) is 2. The first kappa shape index (κ1) is 34.0. The van der Waals surface area contributed by atoms with Gasteiger partial charge in [0.2, 0.25) is 0 Å². The molecule has 6 rings (SSSR count). The molecule has 9 nitrogen and oxygen atoms in total. The molecule has 0 saturated carbocycles. The number of hydrogen-bond acceptors (Lipinski definition) is 6. The van der Waals surface area contributed by atoms with Crippen molar-refractivity contribution in [2.45, 2.75) is 45.6 Å². The molecule has 1 aromatic heterocycles. The van der Waals surface area contributed by atoms with Gasteiger partial charge in [-0.3, -0.25) is 19.1 Å². The van der Waals surface area contributed by atoms with E-state index in [-0.39, 0.29) is 54.4 Å². The van der Waals surface area contributed by atoms with Gasteiger partial charge >= 0.3 is 7.60 Å². The molecule has 0 saturated heterocycles. The van der Waals surface area contributed by atoms with E-state index >= 15 is 0 Å². The summed E-state index contributed by atoms with van der Waals surface area (Å²) in [5.41, 5.74) is 3.64. The third-order valence-corrected chi connectivity index (χ3v) is 10.0. The molecule has 49 heavy (non-hydrogen) atoms. The lowest BCUT2D eigenvalue weighted by molar-refractivity contribution is 0.0761. The third kappa shape index (κ3) is 7.57. The van der Waals surface area contributed by atoms with Crippen molar-refractivity contribution in [3.63, 3.8) is 0 Å². The van der Waals surface area contributed by atoms with Crippen LogP contribution in [0.4, 0.5) is 4.39 Å². The quantitative estimate of drug-likeness (QED) is 0.124. The van der Waals surface area contributed by atoms with Gasteiger partial charge in [0.15, 0.2) is 5.75 Å². The molecule has 0 bridgehead atoms. The second-order valence-corrected chi connectivity index (χ2v) is 13.9. The average Bonchev–Trinajstić information content (AvgIpc) is 3.42. The van der Waals surface area contributed by atoms with E-state index < -0.39 is 25.7 Å². The first-order valence-corrected chi connectivity index (χ1v) is 17.9. The highest BCUT2D eigenvalue weighted by molar-refractivity contribution is 7.52. The molecule has 0 fully saturated rings. The number of halogens is 1. The van der Waals surface area contributed by atoms with Crippen LogP contribution in [0.3, 0.4) is 0 Å². The maximum atomic E-state index is 14.4. The van der Waals surface area contributed by atoms with Crippen LogP contribution >= 0.6 is 7.60 Å². The molecule has 2 unspecified atom stereocenters. The van der Waals surface area contributed by atoms with Crippen molar-refractivity contribution < 1.29 is 32.7 Å². The highest BCUT2D eigenvalue weighted by Crippen LogP contribution is 2.44. The average molecular weight is 682 g/mol. The number of amides is 2. The predicted molar refractivity (Wildman–Crippen MR) is 185 cm³/mol. The number of pyridine rings is 1. The summed E-state index contributed by atoms with van der Waals surface area (Å²) in [4.78, 5) is 44.9. The van der Waals surface area contributed by atoms with Gasteiger partial charge in [-0.2, -0.15) is 0 Å². The van der Waals surface area contributed by atoms with Crippen molar-refractivity contribution in [2.24, 2.45) is 0 Å².